The Kier molecular flexibility index (Phi) is 4.31. The van der Waals surface area contributed by atoms with Crippen LogP contribution in [-0.4, -0.2) is 23.2 Å². The molecule has 0 aromatic carbocycles. The van der Waals surface area contributed by atoms with E-state index in [-0.39, 0.29) is 5.91 Å². The molecular formula is C15H23NO2S. The quantitative estimate of drug-likeness (QED) is 0.891. The molecule has 3 nitrogen and oxygen atoms in total. The van der Waals surface area contributed by atoms with Gasteiger partial charge in [0.25, 0.3) is 5.91 Å². The molecule has 1 aromatic rings. The van der Waals surface area contributed by atoms with Gasteiger partial charge in [0, 0.05) is 11.4 Å². The van der Waals surface area contributed by atoms with Crippen LogP contribution in [0.5, 0.6) is 0 Å². The largest absolute Gasteiger partial charge is 0.388 e. The number of thiophene rings is 1. The summed E-state index contributed by atoms with van der Waals surface area (Å²) < 4.78 is 0. The second-order valence-corrected chi connectivity index (χ2v) is 7.08. The number of hydrogen-bond donors (Lipinski definition) is 2. The summed E-state index contributed by atoms with van der Waals surface area (Å²) in [4.78, 5) is 14.2. The number of carbonyl (C=O) groups excluding carboxylic acids is 1. The summed E-state index contributed by atoms with van der Waals surface area (Å²) in [5.74, 6) is 0.666. The maximum atomic E-state index is 12.1. The number of rotatable bonds is 4. The maximum absolute atomic E-state index is 12.1. The molecule has 1 heterocycles. The van der Waals surface area contributed by atoms with Crippen molar-refractivity contribution in [3.05, 3.63) is 21.4 Å². The van der Waals surface area contributed by atoms with Crippen LogP contribution in [0.15, 0.2) is 6.07 Å². The molecule has 0 saturated carbocycles. The third-order valence-corrected chi connectivity index (χ3v) is 5.18. The Morgan fingerprint density at radius 2 is 2.37 bits per heavy atom. The van der Waals surface area contributed by atoms with E-state index in [1.165, 1.54) is 16.9 Å². The summed E-state index contributed by atoms with van der Waals surface area (Å²) >= 11 is 1.61. The van der Waals surface area contributed by atoms with Crippen LogP contribution in [0.1, 0.15) is 53.7 Å². The summed E-state index contributed by atoms with van der Waals surface area (Å²) in [6.07, 6.45) is 4.04. The molecule has 0 fully saturated rings. The molecule has 0 aliphatic heterocycles. The summed E-state index contributed by atoms with van der Waals surface area (Å²) in [6.45, 7) is 6.23. The summed E-state index contributed by atoms with van der Waals surface area (Å²) in [7, 11) is 0. The Hall–Kier alpha value is -0.870. The van der Waals surface area contributed by atoms with Gasteiger partial charge in [0.1, 0.15) is 0 Å². The summed E-state index contributed by atoms with van der Waals surface area (Å²) in [6, 6.07) is 2.03. The van der Waals surface area contributed by atoms with E-state index in [0.717, 1.165) is 23.6 Å². The number of aryl methyl sites for hydroxylation is 1. The van der Waals surface area contributed by atoms with Crippen LogP contribution < -0.4 is 5.32 Å². The second-order valence-electron chi connectivity index (χ2n) is 5.94. The third-order valence-electron chi connectivity index (χ3n) is 3.94. The first-order valence-corrected chi connectivity index (χ1v) is 7.85. The zero-order valence-electron chi connectivity index (χ0n) is 12.0. The first-order chi connectivity index (χ1) is 8.91. The van der Waals surface area contributed by atoms with E-state index in [4.69, 9.17) is 0 Å². The predicted molar refractivity (Wildman–Crippen MR) is 78.8 cm³/mol. The van der Waals surface area contributed by atoms with Gasteiger partial charge in [-0.25, -0.2) is 0 Å². The predicted octanol–water partition coefficient (Wildman–Crippen LogP) is 2.76. The fourth-order valence-corrected chi connectivity index (χ4v) is 3.43. The van der Waals surface area contributed by atoms with Gasteiger partial charge in [0.15, 0.2) is 0 Å². The molecule has 1 aromatic heterocycles. The van der Waals surface area contributed by atoms with Gasteiger partial charge in [-0.2, -0.15) is 0 Å². The molecule has 106 valence electrons. The zero-order valence-corrected chi connectivity index (χ0v) is 12.8. The number of nitrogens with one attached hydrogen (secondary N) is 1. The zero-order chi connectivity index (χ0) is 14.0. The number of hydrogen-bond acceptors (Lipinski definition) is 3. The lowest BCUT2D eigenvalue weighted by Crippen LogP contribution is -2.39. The van der Waals surface area contributed by atoms with Gasteiger partial charge >= 0.3 is 0 Å². The van der Waals surface area contributed by atoms with Crippen molar-refractivity contribution in [3.63, 3.8) is 0 Å². The van der Waals surface area contributed by atoms with Crippen molar-refractivity contribution in [2.24, 2.45) is 5.92 Å². The summed E-state index contributed by atoms with van der Waals surface area (Å²) in [5.41, 5.74) is 0.525. The van der Waals surface area contributed by atoms with Crippen molar-refractivity contribution in [2.75, 3.05) is 6.54 Å². The van der Waals surface area contributed by atoms with Crippen molar-refractivity contribution in [2.45, 2.75) is 52.1 Å². The highest BCUT2D eigenvalue weighted by molar-refractivity contribution is 7.14. The Morgan fingerprint density at radius 3 is 3.05 bits per heavy atom. The molecule has 19 heavy (non-hydrogen) atoms. The molecule has 1 aliphatic carbocycles. The van der Waals surface area contributed by atoms with E-state index < -0.39 is 5.60 Å². The van der Waals surface area contributed by atoms with Crippen LogP contribution in [0, 0.1) is 5.92 Å². The van der Waals surface area contributed by atoms with Gasteiger partial charge in [-0.05, 0) is 50.2 Å². The smallest absolute Gasteiger partial charge is 0.261 e. The molecule has 0 radical (unpaired) electrons. The van der Waals surface area contributed by atoms with E-state index >= 15 is 0 Å². The minimum atomic E-state index is -0.818. The molecule has 2 N–H and O–H groups in total. The minimum absolute atomic E-state index is 0.0548. The Balaban J connectivity index is 2.01. The van der Waals surface area contributed by atoms with Crippen LogP contribution in [0.4, 0.5) is 0 Å². The molecule has 1 amide bonds. The first-order valence-electron chi connectivity index (χ1n) is 7.03. The van der Waals surface area contributed by atoms with Crippen molar-refractivity contribution in [1.29, 1.82) is 0 Å². The topological polar surface area (TPSA) is 49.3 Å². The molecule has 0 saturated heterocycles. The van der Waals surface area contributed by atoms with Crippen LogP contribution in [0.2, 0.25) is 0 Å². The van der Waals surface area contributed by atoms with Gasteiger partial charge < -0.3 is 10.4 Å². The van der Waals surface area contributed by atoms with E-state index in [0.29, 0.717) is 13.0 Å². The van der Waals surface area contributed by atoms with Gasteiger partial charge in [0.05, 0.1) is 10.5 Å². The lowest BCUT2D eigenvalue weighted by molar-refractivity contribution is 0.0519. The fourth-order valence-electron chi connectivity index (χ4n) is 2.30. The maximum Gasteiger partial charge on any atom is 0.261 e. The normalized spacial score (nSPS) is 21.6. The second kappa shape index (κ2) is 5.63. The Morgan fingerprint density at radius 1 is 1.63 bits per heavy atom. The highest BCUT2D eigenvalue weighted by Crippen LogP contribution is 2.32. The first kappa shape index (κ1) is 14.5. The van der Waals surface area contributed by atoms with E-state index in [2.05, 4.69) is 12.2 Å². The average molecular weight is 281 g/mol. The Bertz CT molecular complexity index is 465. The fraction of sp³-hybridized carbons (Fsp3) is 0.667. The molecular weight excluding hydrogens is 258 g/mol. The van der Waals surface area contributed by atoms with Crippen LogP contribution in [-0.2, 0) is 12.8 Å². The lowest BCUT2D eigenvalue weighted by atomic mass is 9.90. The minimum Gasteiger partial charge on any atom is -0.388 e. The molecule has 2 unspecified atom stereocenters. The third kappa shape index (κ3) is 3.57. The standard InChI is InChI=1S/C15H23NO2S/c1-4-15(3,18)9-16-14(17)13-8-11-7-10(2)5-6-12(11)19-13/h8,10,18H,4-7,9H2,1-3H3,(H,16,17). The van der Waals surface area contributed by atoms with Gasteiger partial charge in [-0.15, -0.1) is 11.3 Å². The van der Waals surface area contributed by atoms with Crippen molar-refractivity contribution in [1.82, 2.24) is 5.32 Å². The number of fused-ring (bicyclic) bond motifs is 1. The highest BCUT2D eigenvalue weighted by atomic mass is 32.1. The van der Waals surface area contributed by atoms with Crippen LogP contribution in [0.3, 0.4) is 0 Å². The van der Waals surface area contributed by atoms with Gasteiger partial charge in [0.2, 0.25) is 0 Å². The van der Waals surface area contributed by atoms with E-state index in [1.807, 2.05) is 13.0 Å². The van der Waals surface area contributed by atoms with E-state index in [1.54, 1.807) is 18.3 Å². The molecule has 2 atom stereocenters. The molecule has 0 bridgehead atoms. The monoisotopic (exact) mass is 281 g/mol. The summed E-state index contributed by atoms with van der Waals surface area (Å²) in [5, 5.41) is 12.7. The van der Waals surface area contributed by atoms with Crippen LogP contribution >= 0.6 is 11.3 Å². The van der Waals surface area contributed by atoms with Crippen molar-refractivity contribution >= 4 is 17.2 Å². The van der Waals surface area contributed by atoms with Crippen molar-refractivity contribution in [3.8, 4) is 0 Å². The van der Waals surface area contributed by atoms with Gasteiger partial charge in [-0.1, -0.05) is 13.8 Å². The van der Waals surface area contributed by atoms with Crippen molar-refractivity contribution < 1.29 is 9.90 Å². The molecule has 1 aliphatic rings. The molecule has 2 rings (SSSR count). The number of carbonyl (C=O) groups is 1. The molecule has 0 spiro atoms. The highest BCUT2D eigenvalue weighted by Gasteiger charge is 2.22. The number of aliphatic hydroxyl groups is 1. The van der Waals surface area contributed by atoms with Gasteiger partial charge in [-0.3, -0.25) is 4.79 Å². The lowest BCUT2D eigenvalue weighted by Gasteiger charge is -2.21. The van der Waals surface area contributed by atoms with Crippen LogP contribution in [0.25, 0.3) is 0 Å². The Labute approximate surface area is 119 Å². The van der Waals surface area contributed by atoms with E-state index in [9.17, 15) is 9.90 Å². The molecule has 4 heteroatoms. The SMILES string of the molecule is CCC(C)(O)CNC(=O)c1cc2c(s1)CCC(C)C2. The number of amides is 1. The average Bonchev–Trinajstić information content (AvgIpc) is 2.79.